The lowest BCUT2D eigenvalue weighted by molar-refractivity contribution is -0.128. The quantitative estimate of drug-likeness (QED) is 0.728. The summed E-state index contributed by atoms with van der Waals surface area (Å²) in [6.45, 7) is 0.457. The lowest BCUT2D eigenvalue weighted by Gasteiger charge is -2.10. The van der Waals surface area contributed by atoms with Crippen molar-refractivity contribution in [1.29, 1.82) is 0 Å². The summed E-state index contributed by atoms with van der Waals surface area (Å²) in [4.78, 5) is 25.9. The van der Waals surface area contributed by atoms with Gasteiger partial charge in [0.05, 0.1) is 7.11 Å². The lowest BCUT2D eigenvalue weighted by atomic mass is 10.0. The molecule has 0 fully saturated rings. The van der Waals surface area contributed by atoms with Gasteiger partial charge in [-0.05, 0) is 17.5 Å². The van der Waals surface area contributed by atoms with Crippen LogP contribution in [0.1, 0.15) is 16.8 Å². The van der Waals surface area contributed by atoms with Gasteiger partial charge < -0.3 is 15.0 Å². The van der Waals surface area contributed by atoms with Crippen LogP contribution in [0.25, 0.3) is 10.8 Å². The van der Waals surface area contributed by atoms with E-state index in [1.807, 2.05) is 24.3 Å². The second-order valence-electron chi connectivity index (χ2n) is 6.32. The minimum Gasteiger partial charge on any atom is -0.496 e. The van der Waals surface area contributed by atoms with E-state index in [2.05, 4.69) is 10.4 Å². The molecule has 7 heteroatoms. The predicted molar refractivity (Wildman–Crippen MR) is 104 cm³/mol. The maximum atomic E-state index is 12.7. The number of carbonyl (C=O) groups excluding carboxylic acids is 2. The van der Waals surface area contributed by atoms with Crippen LogP contribution in [-0.4, -0.2) is 47.7 Å². The Labute approximate surface area is 157 Å². The molecule has 1 aromatic heterocycles. The number of nitrogens with zero attached hydrogens (tertiary/aromatic N) is 3. The van der Waals surface area contributed by atoms with Crippen LogP contribution in [0, 0.1) is 0 Å². The molecule has 2 amide bonds. The zero-order valence-electron chi connectivity index (χ0n) is 15.6. The molecule has 0 spiro atoms. The molecular weight excluding hydrogens is 344 g/mol. The number of hydrogen-bond acceptors (Lipinski definition) is 4. The molecule has 0 saturated carbocycles. The maximum absolute atomic E-state index is 12.7. The molecule has 3 rings (SSSR count). The van der Waals surface area contributed by atoms with Gasteiger partial charge >= 0.3 is 0 Å². The van der Waals surface area contributed by atoms with Crippen LogP contribution < -0.4 is 10.1 Å². The minimum atomic E-state index is -0.247. The van der Waals surface area contributed by atoms with Crippen LogP contribution in [-0.2, 0) is 11.3 Å². The summed E-state index contributed by atoms with van der Waals surface area (Å²) < 4.78 is 7.01. The van der Waals surface area contributed by atoms with Crippen molar-refractivity contribution in [1.82, 2.24) is 14.7 Å². The summed E-state index contributed by atoms with van der Waals surface area (Å²) >= 11 is 0. The van der Waals surface area contributed by atoms with E-state index in [-0.39, 0.29) is 11.8 Å². The van der Waals surface area contributed by atoms with Gasteiger partial charge in [0.1, 0.15) is 5.75 Å². The van der Waals surface area contributed by atoms with Crippen molar-refractivity contribution in [3.63, 3.8) is 0 Å². The molecule has 27 heavy (non-hydrogen) atoms. The molecule has 2 aromatic carbocycles. The molecule has 0 unspecified atom stereocenters. The van der Waals surface area contributed by atoms with Gasteiger partial charge in [-0.3, -0.25) is 14.3 Å². The average Bonchev–Trinajstić information content (AvgIpc) is 3.12. The summed E-state index contributed by atoms with van der Waals surface area (Å²) in [7, 11) is 5.04. The van der Waals surface area contributed by atoms with Gasteiger partial charge in [-0.1, -0.05) is 24.3 Å². The molecular formula is C20H22N4O3. The van der Waals surface area contributed by atoms with Crippen LogP contribution in [0.5, 0.6) is 5.75 Å². The largest absolute Gasteiger partial charge is 0.496 e. The smallest absolute Gasteiger partial charge is 0.257 e. The van der Waals surface area contributed by atoms with Gasteiger partial charge in [-0.2, -0.15) is 5.10 Å². The monoisotopic (exact) mass is 366 g/mol. The first kappa shape index (κ1) is 18.4. The Morgan fingerprint density at radius 3 is 2.56 bits per heavy atom. The maximum Gasteiger partial charge on any atom is 0.257 e. The molecule has 0 aliphatic carbocycles. The Hall–Kier alpha value is -3.35. The number of fused-ring (bicyclic) bond motifs is 1. The van der Waals surface area contributed by atoms with Crippen molar-refractivity contribution in [3.05, 3.63) is 54.2 Å². The van der Waals surface area contributed by atoms with E-state index in [0.29, 0.717) is 24.3 Å². The summed E-state index contributed by atoms with van der Waals surface area (Å²) in [5.41, 5.74) is 0.545. The van der Waals surface area contributed by atoms with Crippen LogP contribution in [0.2, 0.25) is 0 Å². The Morgan fingerprint density at radius 2 is 1.85 bits per heavy atom. The number of rotatable bonds is 6. The molecule has 140 valence electrons. The van der Waals surface area contributed by atoms with Crippen molar-refractivity contribution in [2.45, 2.75) is 13.0 Å². The number of methoxy groups -OCH3 is 1. The fourth-order valence-corrected chi connectivity index (χ4v) is 2.82. The highest BCUT2D eigenvalue weighted by molar-refractivity contribution is 6.13. The van der Waals surface area contributed by atoms with Gasteiger partial charge in [0.2, 0.25) is 5.91 Å². The number of nitrogens with one attached hydrogen (secondary N) is 1. The standard InChI is InChI=1S/C20H22N4O3/c1-23(2)19(25)11-13-24-12-10-18(22-24)21-20(26)16-8-9-17(27-3)15-7-5-4-6-14(15)16/h4-10,12H,11,13H2,1-3H3,(H,21,22,26). The molecule has 3 aromatic rings. The number of aromatic nitrogens is 2. The number of ether oxygens (including phenoxy) is 1. The summed E-state index contributed by atoms with van der Waals surface area (Å²) in [5, 5.41) is 8.81. The first-order valence-corrected chi connectivity index (χ1v) is 8.60. The molecule has 0 radical (unpaired) electrons. The van der Waals surface area contributed by atoms with E-state index in [1.54, 1.807) is 55.2 Å². The topological polar surface area (TPSA) is 76.5 Å². The van der Waals surface area contributed by atoms with Crippen molar-refractivity contribution in [2.24, 2.45) is 0 Å². The zero-order valence-corrected chi connectivity index (χ0v) is 15.6. The molecule has 0 bridgehead atoms. The number of hydrogen-bond donors (Lipinski definition) is 1. The van der Waals surface area contributed by atoms with Crippen LogP contribution in [0.15, 0.2) is 48.7 Å². The number of aryl methyl sites for hydroxylation is 1. The average molecular weight is 366 g/mol. The van der Waals surface area contributed by atoms with Gasteiger partial charge in [0, 0.05) is 50.3 Å². The predicted octanol–water partition coefficient (Wildman–Crippen LogP) is 2.78. The van der Waals surface area contributed by atoms with Gasteiger partial charge in [-0.15, -0.1) is 0 Å². The minimum absolute atomic E-state index is 0.0285. The first-order valence-electron chi connectivity index (χ1n) is 8.60. The van der Waals surface area contributed by atoms with Crippen molar-refractivity contribution in [2.75, 3.05) is 26.5 Å². The summed E-state index contributed by atoms with van der Waals surface area (Å²) in [6, 6.07) is 12.8. The van der Waals surface area contributed by atoms with Gasteiger partial charge in [-0.25, -0.2) is 0 Å². The zero-order chi connectivity index (χ0) is 19.4. The Bertz CT molecular complexity index is 978. The summed E-state index contributed by atoms with van der Waals surface area (Å²) in [6.07, 6.45) is 2.09. The second-order valence-corrected chi connectivity index (χ2v) is 6.32. The Morgan fingerprint density at radius 1 is 1.11 bits per heavy atom. The molecule has 0 saturated heterocycles. The third-order valence-corrected chi connectivity index (χ3v) is 4.28. The highest BCUT2D eigenvalue weighted by Gasteiger charge is 2.14. The molecule has 7 nitrogen and oxygen atoms in total. The van der Waals surface area contributed by atoms with E-state index in [4.69, 9.17) is 4.74 Å². The van der Waals surface area contributed by atoms with E-state index >= 15 is 0 Å². The van der Waals surface area contributed by atoms with Gasteiger partial charge in [0.25, 0.3) is 5.91 Å². The highest BCUT2D eigenvalue weighted by atomic mass is 16.5. The molecule has 0 aliphatic heterocycles. The Kier molecular flexibility index (Phi) is 5.40. The number of anilines is 1. The van der Waals surface area contributed by atoms with E-state index in [9.17, 15) is 9.59 Å². The van der Waals surface area contributed by atoms with E-state index in [1.165, 1.54) is 0 Å². The molecule has 0 atom stereocenters. The van der Waals surface area contributed by atoms with Crippen LogP contribution in [0.4, 0.5) is 5.82 Å². The van der Waals surface area contributed by atoms with E-state index < -0.39 is 0 Å². The second kappa shape index (κ2) is 7.90. The normalized spacial score (nSPS) is 10.6. The molecule has 0 aliphatic rings. The fraction of sp³-hybridized carbons (Fsp3) is 0.250. The van der Waals surface area contributed by atoms with Crippen molar-refractivity contribution < 1.29 is 14.3 Å². The molecule has 1 N–H and O–H groups in total. The number of benzene rings is 2. The third kappa shape index (κ3) is 4.08. The van der Waals surface area contributed by atoms with Crippen molar-refractivity contribution >= 4 is 28.4 Å². The lowest BCUT2D eigenvalue weighted by Crippen LogP contribution is -2.23. The fourth-order valence-electron chi connectivity index (χ4n) is 2.82. The first-order chi connectivity index (χ1) is 13.0. The Balaban J connectivity index is 1.75. The highest BCUT2D eigenvalue weighted by Crippen LogP contribution is 2.28. The number of amides is 2. The van der Waals surface area contributed by atoms with E-state index in [0.717, 1.165) is 16.5 Å². The summed E-state index contributed by atoms with van der Waals surface area (Å²) in [5.74, 6) is 0.943. The SMILES string of the molecule is COc1ccc(C(=O)Nc2ccn(CCC(=O)N(C)C)n2)c2ccccc12. The van der Waals surface area contributed by atoms with Crippen molar-refractivity contribution in [3.8, 4) is 5.75 Å². The number of carbonyl (C=O) groups is 2. The molecule has 1 heterocycles. The van der Waals surface area contributed by atoms with Gasteiger partial charge in [0.15, 0.2) is 5.82 Å². The third-order valence-electron chi connectivity index (χ3n) is 4.28. The van der Waals surface area contributed by atoms with Crippen LogP contribution >= 0.6 is 0 Å². The van der Waals surface area contributed by atoms with Crippen LogP contribution in [0.3, 0.4) is 0 Å².